The summed E-state index contributed by atoms with van der Waals surface area (Å²) in [6, 6.07) is 19.6. The Balaban J connectivity index is 2.03. The van der Waals surface area contributed by atoms with Gasteiger partial charge in [-0.15, -0.1) is 0 Å². The van der Waals surface area contributed by atoms with Gasteiger partial charge in [-0.1, -0.05) is 48.5 Å². The van der Waals surface area contributed by atoms with Crippen LogP contribution in [0.5, 0.6) is 0 Å². The molecule has 2 heteroatoms. The van der Waals surface area contributed by atoms with Crippen LogP contribution in [0.3, 0.4) is 0 Å². The van der Waals surface area contributed by atoms with E-state index < -0.39 is 6.10 Å². The Morgan fingerprint density at radius 1 is 0.882 bits per heavy atom. The maximum atomic E-state index is 10.2. The van der Waals surface area contributed by atoms with E-state index >= 15 is 0 Å². The van der Waals surface area contributed by atoms with Crippen molar-refractivity contribution in [2.24, 2.45) is 0 Å². The molecule has 0 heterocycles. The van der Waals surface area contributed by atoms with Gasteiger partial charge in [-0.25, -0.2) is 0 Å². The lowest BCUT2D eigenvalue weighted by atomic mass is 10.0. The third-order valence-corrected chi connectivity index (χ3v) is 2.78. The number of hydrogen-bond acceptors (Lipinski definition) is 2. The van der Waals surface area contributed by atoms with Gasteiger partial charge >= 0.3 is 0 Å². The van der Waals surface area contributed by atoms with Crippen LogP contribution in [0.25, 0.3) is 0 Å². The largest absolute Gasteiger partial charge is 0.386 e. The van der Waals surface area contributed by atoms with Crippen LogP contribution in [-0.4, -0.2) is 11.1 Å². The minimum atomic E-state index is -0.503. The second-order valence-electron chi connectivity index (χ2n) is 4.15. The zero-order valence-electron chi connectivity index (χ0n) is 9.88. The highest BCUT2D eigenvalue weighted by Gasteiger charge is 2.15. The first-order valence-electron chi connectivity index (χ1n) is 5.82. The molecular weight excluding hydrogens is 210 g/mol. The summed E-state index contributed by atoms with van der Waals surface area (Å²) in [5.74, 6) is 0. The van der Waals surface area contributed by atoms with Gasteiger partial charge in [-0.2, -0.15) is 0 Å². The normalized spacial score (nSPS) is 14.0. The Labute approximate surface area is 102 Å². The third-order valence-electron chi connectivity index (χ3n) is 2.78. The second kappa shape index (κ2) is 5.51. The Morgan fingerprint density at radius 2 is 1.41 bits per heavy atom. The molecule has 0 spiro atoms. The molecule has 0 amide bonds. The predicted octanol–water partition coefficient (Wildman–Crippen LogP) is 3.22. The minimum absolute atomic E-state index is 0.0280. The summed E-state index contributed by atoms with van der Waals surface area (Å²) in [6.45, 7) is 1.98. The van der Waals surface area contributed by atoms with Crippen molar-refractivity contribution in [3.8, 4) is 0 Å². The lowest BCUT2D eigenvalue weighted by Gasteiger charge is -2.21. The van der Waals surface area contributed by atoms with Crippen LogP contribution in [0.2, 0.25) is 0 Å². The molecule has 0 aliphatic heterocycles. The van der Waals surface area contributed by atoms with E-state index in [2.05, 4.69) is 5.32 Å². The smallest absolute Gasteiger partial charge is 0.0988 e. The Morgan fingerprint density at radius 3 is 2.00 bits per heavy atom. The Bertz CT molecular complexity index is 441. The SMILES string of the molecule is CC(Nc1ccccc1)C(O)c1ccccc1. The predicted molar refractivity (Wildman–Crippen MR) is 70.9 cm³/mol. The summed E-state index contributed by atoms with van der Waals surface area (Å²) in [5, 5.41) is 13.5. The lowest BCUT2D eigenvalue weighted by molar-refractivity contribution is 0.161. The number of aliphatic hydroxyl groups is 1. The zero-order valence-corrected chi connectivity index (χ0v) is 9.88. The van der Waals surface area contributed by atoms with E-state index in [0.29, 0.717) is 0 Å². The molecule has 88 valence electrons. The van der Waals surface area contributed by atoms with Crippen LogP contribution in [0.15, 0.2) is 60.7 Å². The van der Waals surface area contributed by atoms with Crippen molar-refractivity contribution in [2.75, 3.05) is 5.32 Å². The molecule has 0 saturated heterocycles. The molecule has 2 rings (SSSR count). The van der Waals surface area contributed by atoms with E-state index in [1.54, 1.807) is 0 Å². The summed E-state index contributed by atoms with van der Waals surface area (Å²) in [7, 11) is 0. The second-order valence-corrected chi connectivity index (χ2v) is 4.15. The van der Waals surface area contributed by atoms with E-state index in [4.69, 9.17) is 0 Å². The highest BCUT2D eigenvalue weighted by Crippen LogP contribution is 2.19. The Hall–Kier alpha value is -1.80. The fraction of sp³-hybridized carbons (Fsp3) is 0.200. The zero-order chi connectivity index (χ0) is 12.1. The summed E-state index contributed by atoms with van der Waals surface area (Å²) < 4.78 is 0. The van der Waals surface area contributed by atoms with Crippen molar-refractivity contribution in [1.29, 1.82) is 0 Å². The maximum Gasteiger partial charge on any atom is 0.0988 e. The van der Waals surface area contributed by atoms with E-state index in [-0.39, 0.29) is 6.04 Å². The molecule has 2 atom stereocenters. The van der Waals surface area contributed by atoms with Crippen molar-refractivity contribution < 1.29 is 5.11 Å². The van der Waals surface area contributed by atoms with Crippen LogP contribution >= 0.6 is 0 Å². The average Bonchev–Trinajstić information content (AvgIpc) is 2.40. The molecule has 0 saturated carbocycles. The molecule has 0 aliphatic carbocycles. The highest BCUT2D eigenvalue weighted by molar-refractivity contribution is 5.43. The molecule has 2 nitrogen and oxygen atoms in total. The molecule has 0 radical (unpaired) electrons. The first-order valence-corrected chi connectivity index (χ1v) is 5.82. The Kier molecular flexibility index (Phi) is 3.78. The van der Waals surface area contributed by atoms with Crippen LogP contribution in [0, 0.1) is 0 Å². The van der Waals surface area contributed by atoms with Gasteiger partial charge in [0.15, 0.2) is 0 Å². The molecule has 2 aromatic carbocycles. The van der Waals surface area contributed by atoms with Gasteiger partial charge in [0.25, 0.3) is 0 Å². The van der Waals surface area contributed by atoms with E-state index in [0.717, 1.165) is 11.3 Å². The fourth-order valence-electron chi connectivity index (χ4n) is 1.82. The number of para-hydroxylation sites is 1. The molecule has 0 bridgehead atoms. The van der Waals surface area contributed by atoms with E-state index in [1.807, 2.05) is 67.6 Å². The summed E-state index contributed by atoms with van der Waals surface area (Å²) in [4.78, 5) is 0. The average molecular weight is 227 g/mol. The van der Waals surface area contributed by atoms with Gasteiger partial charge in [-0.05, 0) is 24.6 Å². The van der Waals surface area contributed by atoms with Crippen molar-refractivity contribution in [3.05, 3.63) is 66.2 Å². The van der Waals surface area contributed by atoms with Crippen LogP contribution in [0.1, 0.15) is 18.6 Å². The molecule has 0 aromatic heterocycles. The molecule has 2 aromatic rings. The van der Waals surface area contributed by atoms with Crippen LogP contribution in [0.4, 0.5) is 5.69 Å². The van der Waals surface area contributed by atoms with Crippen molar-refractivity contribution in [3.63, 3.8) is 0 Å². The van der Waals surface area contributed by atoms with Gasteiger partial charge < -0.3 is 10.4 Å². The number of nitrogens with one attached hydrogen (secondary N) is 1. The fourth-order valence-corrected chi connectivity index (χ4v) is 1.82. The molecule has 2 unspecified atom stereocenters. The topological polar surface area (TPSA) is 32.3 Å². The lowest BCUT2D eigenvalue weighted by Crippen LogP contribution is -2.23. The monoisotopic (exact) mass is 227 g/mol. The van der Waals surface area contributed by atoms with Gasteiger partial charge in [0, 0.05) is 5.69 Å². The van der Waals surface area contributed by atoms with E-state index in [1.165, 1.54) is 0 Å². The molecule has 0 aliphatic rings. The number of anilines is 1. The van der Waals surface area contributed by atoms with Gasteiger partial charge in [0.1, 0.15) is 0 Å². The first kappa shape index (κ1) is 11.7. The number of rotatable bonds is 4. The van der Waals surface area contributed by atoms with Gasteiger partial charge in [0.05, 0.1) is 12.1 Å². The summed E-state index contributed by atoms with van der Waals surface area (Å²) in [6.07, 6.45) is -0.503. The van der Waals surface area contributed by atoms with Crippen molar-refractivity contribution in [1.82, 2.24) is 0 Å². The first-order chi connectivity index (χ1) is 8.27. The van der Waals surface area contributed by atoms with Crippen molar-refractivity contribution >= 4 is 5.69 Å². The van der Waals surface area contributed by atoms with Gasteiger partial charge in [0.2, 0.25) is 0 Å². The molecule has 2 N–H and O–H groups in total. The minimum Gasteiger partial charge on any atom is -0.386 e. The number of benzene rings is 2. The molecule has 0 fully saturated rings. The van der Waals surface area contributed by atoms with Crippen molar-refractivity contribution in [2.45, 2.75) is 19.1 Å². The van der Waals surface area contributed by atoms with Crippen LogP contribution < -0.4 is 5.32 Å². The molecule has 17 heavy (non-hydrogen) atoms. The maximum absolute atomic E-state index is 10.2. The quantitative estimate of drug-likeness (QED) is 0.840. The number of aliphatic hydroxyl groups excluding tert-OH is 1. The molecular formula is C15H17NO. The van der Waals surface area contributed by atoms with Gasteiger partial charge in [-0.3, -0.25) is 0 Å². The standard InChI is InChI=1S/C15H17NO/c1-12(16-14-10-6-3-7-11-14)15(17)13-8-4-2-5-9-13/h2-12,15-17H,1H3. The van der Waals surface area contributed by atoms with E-state index in [9.17, 15) is 5.11 Å². The van der Waals surface area contributed by atoms with Crippen LogP contribution in [-0.2, 0) is 0 Å². The number of hydrogen-bond donors (Lipinski definition) is 2. The summed E-state index contributed by atoms with van der Waals surface area (Å²) >= 11 is 0. The third kappa shape index (κ3) is 3.08. The highest BCUT2D eigenvalue weighted by atomic mass is 16.3. The summed E-state index contributed by atoms with van der Waals surface area (Å²) in [5.41, 5.74) is 1.96.